The number of hydrogen-bond donors (Lipinski definition) is 2. The minimum absolute atomic E-state index is 0.0203. The zero-order valence-corrected chi connectivity index (χ0v) is 16.6. The second kappa shape index (κ2) is 10.7. The van der Waals surface area contributed by atoms with Gasteiger partial charge in [0.25, 0.3) is 0 Å². The van der Waals surface area contributed by atoms with Crippen molar-refractivity contribution in [3.63, 3.8) is 0 Å². The summed E-state index contributed by atoms with van der Waals surface area (Å²) in [7, 11) is 1.56. The standard InChI is InChI=1S/C21H30N2O5/c1-3-4-5-8-19(24)23-13-6-7-18(23)20(25)22-17(21(26)27)14-15-9-11-16(28-2)12-10-15/h9-12,17-18H,3-8,13-14H2,1-2H3,(H,22,25)(H,26,27)/t17-,18-/m0/s1. The van der Waals surface area contributed by atoms with E-state index in [4.69, 9.17) is 4.74 Å². The van der Waals surface area contributed by atoms with Gasteiger partial charge < -0.3 is 20.1 Å². The van der Waals surface area contributed by atoms with Crippen LogP contribution in [-0.4, -0.2) is 53.5 Å². The molecule has 0 saturated carbocycles. The van der Waals surface area contributed by atoms with Crippen molar-refractivity contribution in [3.8, 4) is 5.75 Å². The van der Waals surface area contributed by atoms with Crippen LogP contribution in [0.15, 0.2) is 24.3 Å². The summed E-state index contributed by atoms with van der Waals surface area (Å²) in [6.45, 7) is 2.63. The Labute approximate surface area is 166 Å². The second-order valence-electron chi connectivity index (χ2n) is 7.15. The van der Waals surface area contributed by atoms with Gasteiger partial charge in [-0.2, -0.15) is 0 Å². The number of carboxylic acids is 1. The third kappa shape index (κ3) is 5.97. The number of aliphatic carboxylic acids is 1. The van der Waals surface area contributed by atoms with Crippen molar-refractivity contribution >= 4 is 17.8 Å². The lowest BCUT2D eigenvalue weighted by Crippen LogP contribution is -2.51. The number of benzene rings is 1. The lowest BCUT2D eigenvalue weighted by molar-refractivity contribution is -0.143. The van der Waals surface area contributed by atoms with E-state index in [0.29, 0.717) is 25.1 Å². The van der Waals surface area contributed by atoms with E-state index >= 15 is 0 Å². The molecule has 2 amide bonds. The number of ether oxygens (including phenoxy) is 1. The van der Waals surface area contributed by atoms with E-state index in [9.17, 15) is 19.5 Å². The molecular formula is C21H30N2O5. The molecule has 1 aromatic rings. The Kier molecular flexibility index (Phi) is 8.29. The topological polar surface area (TPSA) is 95.9 Å². The summed E-state index contributed by atoms with van der Waals surface area (Å²) < 4.78 is 5.10. The number of unbranched alkanes of at least 4 members (excludes halogenated alkanes) is 2. The molecule has 2 atom stereocenters. The highest BCUT2D eigenvalue weighted by Crippen LogP contribution is 2.20. The average molecular weight is 390 g/mol. The quantitative estimate of drug-likeness (QED) is 0.598. The van der Waals surface area contributed by atoms with Crippen molar-refractivity contribution in [2.45, 2.75) is 64.0 Å². The van der Waals surface area contributed by atoms with Gasteiger partial charge in [0.1, 0.15) is 17.8 Å². The molecule has 1 heterocycles. The molecule has 1 saturated heterocycles. The average Bonchev–Trinajstić information content (AvgIpc) is 3.18. The van der Waals surface area contributed by atoms with Gasteiger partial charge in [-0.3, -0.25) is 9.59 Å². The normalized spacial score (nSPS) is 17.2. The predicted octanol–water partition coefficient (Wildman–Crippen LogP) is 2.38. The highest BCUT2D eigenvalue weighted by atomic mass is 16.5. The fourth-order valence-electron chi connectivity index (χ4n) is 3.47. The first kappa shape index (κ1) is 21.7. The molecule has 7 heteroatoms. The monoisotopic (exact) mass is 390 g/mol. The van der Waals surface area contributed by atoms with Crippen molar-refractivity contribution < 1.29 is 24.2 Å². The van der Waals surface area contributed by atoms with Crippen LogP contribution in [0.2, 0.25) is 0 Å². The molecule has 1 aliphatic rings. The molecule has 0 bridgehead atoms. The molecule has 0 radical (unpaired) electrons. The van der Waals surface area contributed by atoms with Crippen molar-refractivity contribution in [1.82, 2.24) is 10.2 Å². The van der Waals surface area contributed by atoms with Gasteiger partial charge in [0.2, 0.25) is 11.8 Å². The molecule has 2 rings (SSSR count). The van der Waals surface area contributed by atoms with Gasteiger partial charge in [-0.1, -0.05) is 31.9 Å². The lowest BCUT2D eigenvalue weighted by Gasteiger charge is -2.25. The summed E-state index contributed by atoms with van der Waals surface area (Å²) in [6.07, 6.45) is 4.76. The van der Waals surface area contributed by atoms with Crippen LogP contribution in [0.4, 0.5) is 0 Å². The molecule has 0 aromatic heterocycles. The van der Waals surface area contributed by atoms with E-state index in [-0.39, 0.29) is 18.2 Å². The summed E-state index contributed by atoms with van der Waals surface area (Å²) >= 11 is 0. The van der Waals surface area contributed by atoms with E-state index in [2.05, 4.69) is 12.2 Å². The Balaban J connectivity index is 1.98. The molecule has 0 spiro atoms. The third-order valence-electron chi connectivity index (χ3n) is 5.08. The molecule has 1 aromatic carbocycles. The number of likely N-dealkylation sites (tertiary alicyclic amines) is 1. The largest absolute Gasteiger partial charge is 0.497 e. The first-order valence-corrected chi connectivity index (χ1v) is 9.91. The molecule has 2 N–H and O–H groups in total. The maximum absolute atomic E-state index is 12.7. The smallest absolute Gasteiger partial charge is 0.326 e. The number of carbonyl (C=O) groups excluding carboxylic acids is 2. The van der Waals surface area contributed by atoms with E-state index in [0.717, 1.165) is 31.2 Å². The maximum Gasteiger partial charge on any atom is 0.326 e. The molecule has 0 unspecified atom stereocenters. The zero-order chi connectivity index (χ0) is 20.5. The molecular weight excluding hydrogens is 360 g/mol. The van der Waals surface area contributed by atoms with Gasteiger partial charge in [0.15, 0.2) is 0 Å². The minimum Gasteiger partial charge on any atom is -0.497 e. The Morgan fingerprint density at radius 2 is 1.96 bits per heavy atom. The Morgan fingerprint density at radius 1 is 1.25 bits per heavy atom. The Hall–Kier alpha value is -2.57. The van der Waals surface area contributed by atoms with E-state index < -0.39 is 18.1 Å². The fourth-order valence-corrected chi connectivity index (χ4v) is 3.47. The zero-order valence-electron chi connectivity index (χ0n) is 16.6. The van der Waals surface area contributed by atoms with Crippen LogP contribution in [0.5, 0.6) is 5.75 Å². The summed E-state index contributed by atoms with van der Waals surface area (Å²) in [5.41, 5.74) is 0.785. The maximum atomic E-state index is 12.7. The van der Waals surface area contributed by atoms with Crippen molar-refractivity contribution in [2.75, 3.05) is 13.7 Å². The third-order valence-corrected chi connectivity index (χ3v) is 5.08. The van der Waals surface area contributed by atoms with E-state index in [1.807, 2.05) is 0 Å². The molecule has 1 aliphatic heterocycles. The molecule has 28 heavy (non-hydrogen) atoms. The van der Waals surface area contributed by atoms with E-state index in [1.165, 1.54) is 0 Å². The Morgan fingerprint density at radius 3 is 2.57 bits per heavy atom. The van der Waals surface area contributed by atoms with Crippen LogP contribution >= 0.6 is 0 Å². The van der Waals surface area contributed by atoms with Gasteiger partial charge in [0.05, 0.1) is 7.11 Å². The molecule has 0 aliphatic carbocycles. The number of rotatable bonds is 10. The van der Waals surface area contributed by atoms with Crippen LogP contribution in [0.1, 0.15) is 51.0 Å². The number of carboxylic acid groups (broad SMARTS) is 1. The van der Waals surface area contributed by atoms with Gasteiger partial charge >= 0.3 is 5.97 Å². The second-order valence-corrected chi connectivity index (χ2v) is 7.15. The SMILES string of the molecule is CCCCCC(=O)N1CCC[C@H]1C(=O)N[C@@H](Cc1ccc(OC)cc1)C(=O)O. The number of amides is 2. The van der Waals surface area contributed by atoms with Crippen LogP contribution in [0.25, 0.3) is 0 Å². The van der Waals surface area contributed by atoms with Gasteiger partial charge in [0, 0.05) is 19.4 Å². The fraction of sp³-hybridized carbons (Fsp3) is 0.571. The first-order chi connectivity index (χ1) is 13.5. The number of hydrogen-bond acceptors (Lipinski definition) is 4. The summed E-state index contributed by atoms with van der Waals surface area (Å²) in [5.74, 6) is -0.818. The number of carbonyl (C=O) groups is 3. The minimum atomic E-state index is -1.09. The molecule has 154 valence electrons. The number of nitrogens with zero attached hydrogens (tertiary/aromatic N) is 1. The van der Waals surface area contributed by atoms with Crippen LogP contribution in [0.3, 0.4) is 0 Å². The van der Waals surface area contributed by atoms with Crippen LogP contribution in [-0.2, 0) is 20.8 Å². The van der Waals surface area contributed by atoms with Crippen molar-refractivity contribution in [1.29, 1.82) is 0 Å². The van der Waals surface area contributed by atoms with Crippen LogP contribution in [0, 0.1) is 0 Å². The van der Waals surface area contributed by atoms with Crippen LogP contribution < -0.4 is 10.1 Å². The van der Waals surface area contributed by atoms with Crippen molar-refractivity contribution in [3.05, 3.63) is 29.8 Å². The first-order valence-electron chi connectivity index (χ1n) is 9.91. The summed E-state index contributed by atoms with van der Waals surface area (Å²) in [5, 5.41) is 12.1. The Bertz CT molecular complexity index is 674. The summed E-state index contributed by atoms with van der Waals surface area (Å²) in [4.78, 5) is 38.4. The van der Waals surface area contributed by atoms with Crippen molar-refractivity contribution in [2.24, 2.45) is 0 Å². The summed E-state index contributed by atoms with van der Waals surface area (Å²) in [6, 6.07) is 5.44. The number of methoxy groups -OCH3 is 1. The van der Waals surface area contributed by atoms with Gasteiger partial charge in [-0.25, -0.2) is 4.79 Å². The molecule has 7 nitrogen and oxygen atoms in total. The highest BCUT2D eigenvalue weighted by Gasteiger charge is 2.35. The van der Waals surface area contributed by atoms with Gasteiger partial charge in [-0.15, -0.1) is 0 Å². The highest BCUT2D eigenvalue weighted by molar-refractivity contribution is 5.91. The number of nitrogens with one attached hydrogen (secondary N) is 1. The lowest BCUT2D eigenvalue weighted by atomic mass is 10.0. The predicted molar refractivity (Wildman–Crippen MR) is 105 cm³/mol. The van der Waals surface area contributed by atoms with Gasteiger partial charge in [-0.05, 0) is 37.0 Å². The molecule has 1 fully saturated rings. The van der Waals surface area contributed by atoms with E-state index in [1.54, 1.807) is 36.3 Å².